The summed E-state index contributed by atoms with van der Waals surface area (Å²) in [7, 11) is 1.98. The normalized spacial score (nSPS) is 20.2. The van der Waals surface area contributed by atoms with Gasteiger partial charge in [-0.1, -0.05) is 32.0 Å². The average molecular weight is 504 g/mol. The Bertz CT molecular complexity index is 937. The van der Waals surface area contributed by atoms with E-state index in [1.165, 1.54) is 12.1 Å². The van der Waals surface area contributed by atoms with Gasteiger partial charge in [-0.3, -0.25) is 0 Å². The number of alkyl halides is 3. The van der Waals surface area contributed by atoms with Crippen LogP contribution in [0.5, 0.6) is 5.75 Å². The third kappa shape index (κ3) is 7.59. The summed E-state index contributed by atoms with van der Waals surface area (Å²) in [6.45, 7) is 4.26. The largest absolute Gasteiger partial charge is 0.484 e. The van der Waals surface area contributed by atoms with Crippen LogP contribution in [0, 0.1) is 11.7 Å². The molecule has 0 saturated carbocycles. The van der Waals surface area contributed by atoms with Crippen LogP contribution in [0.15, 0.2) is 42.5 Å². The summed E-state index contributed by atoms with van der Waals surface area (Å²) < 4.78 is 55.6. The predicted octanol–water partition coefficient (Wildman–Crippen LogP) is 6.17. The molecule has 0 bridgehead atoms. The van der Waals surface area contributed by atoms with Crippen molar-refractivity contribution >= 4 is 12.4 Å². The van der Waals surface area contributed by atoms with E-state index < -0.39 is 18.4 Å². The highest BCUT2D eigenvalue weighted by molar-refractivity contribution is 5.85. The third-order valence-corrected chi connectivity index (χ3v) is 6.52. The topological polar surface area (TPSA) is 32.7 Å². The minimum absolute atomic E-state index is 0. The molecule has 190 valence electrons. The second-order valence-electron chi connectivity index (χ2n) is 9.52. The first kappa shape index (κ1) is 28.4. The van der Waals surface area contributed by atoms with Crippen LogP contribution in [0.25, 0.3) is 0 Å². The number of nitrogens with zero attached hydrogens (tertiary/aromatic N) is 1. The number of hydrogen-bond acceptors (Lipinski definition) is 3. The molecule has 8 heteroatoms. The molecule has 0 amide bonds. The molecule has 1 aliphatic rings. The van der Waals surface area contributed by atoms with Gasteiger partial charge in [0.05, 0.1) is 5.60 Å². The molecule has 2 aromatic carbocycles. The Morgan fingerprint density at radius 1 is 1.15 bits per heavy atom. The Kier molecular flexibility index (Phi) is 9.80. The monoisotopic (exact) mass is 503 g/mol. The molecule has 0 aromatic heterocycles. The fourth-order valence-electron chi connectivity index (χ4n) is 4.92. The van der Waals surface area contributed by atoms with E-state index in [1.807, 2.05) is 19.2 Å². The maximum Gasteiger partial charge on any atom is 0.422 e. The average Bonchev–Trinajstić information content (AvgIpc) is 2.74. The Morgan fingerprint density at radius 3 is 2.56 bits per heavy atom. The zero-order chi connectivity index (χ0) is 24.2. The van der Waals surface area contributed by atoms with Crippen molar-refractivity contribution in [3.63, 3.8) is 0 Å². The van der Waals surface area contributed by atoms with E-state index in [-0.39, 0.29) is 35.8 Å². The Morgan fingerprint density at radius 2 is 1.88 bits per heavy atom. The first-order valence-corrected chi connectivity index (χ1v) is 11.4. The summed E-state index contributed by atoms with van der Waals surface area (Å²) in [6.07, 6.45) is -1.86. The second-order valence-corrected chi connectivity index (χ2v) is 9.52. The van der Waals surface area contributed by atoms with Crippen molar-refractivity contribution in [3.05, 3.63) is 65.0 Å². The Balaban J connectivity index is 0.00000408. The molecule has 3 rings (SSSR count). The zero-order valence-electron chi connectivity index (χ0n) is 19.9. The van der Waals surface area contributed by atoms with E-state index in [1.54, 1.807) is 18.2 Å². The van der Waals surface area contributed by atoms with Crippen molar-refractivity contribution < 1.29 is 27.4 Å². The van der Waals surface area contributed by atoms with Crippen LogP contribution in [0.1, 0.15) is 49.3 Å². The first-order valence-electron chi connectivity index (χ1n) is 11.4. The van der Waals surface area contributed by atoms with E-state index in [4.69, 9.17) is 4.74 Å². The van der Waals surface area contributed by atoms with E-state index in [0.717, 1.165) is 16.7 Å². The van der Waals surface area contributed by atoms with Crippen LogP contribution < -0.4 is 4.74 Å². The predicted molar refractivity (Wildman–Crippen MR) is 128 cm³/mol. The number of benzene rings is 2. The van der Waals surface area contributed by atoms with Gasteiger partial charge < -0.3 is 14.7 Å². The van der Waals surface area contributed by atoms with Gasteiger partial charge in [0, 0.05) is 19.0 Å². The van der Waals surface area contributed by atoms with Gasteiger partial charge in [-0.15, -0.1) is 12.4 Å². The fraction of sp³-hybridized carbons (Fsp3) is 0.538. The molecule has 0 aliphatic heterocycles. The summed E-state index contributed by atoms with van der Waals surface area (Å²) in [4.78, 5) is 2.12. The van der Waals surface area contributed by atoms with Crippen molar-refractivity contribution in [2.24, 2.45) is 5.92 Å². The lowest BCUT2D eigenvalue weighted by molar-refractivity contribution is -0.153. The van der Waals surface area contributed by atoms with Gasteiger partial charge >= 0.3 is 6.18 Å². The van der Waals surface area contributed by atoms with Gasteiger partial charge in [-0.05, 0) is 79.6 Å². The van der Waals surface area contributed by atoms with Gasteiger partial charge in [0.15, 0.2) is 6.61 Å². The quantitative estimate of drug-likeness (QED) is 0.415. The number of rotatable bonds is 9. The van der Waals surface area contributed by atoms with Crippen LogP contribution in [0.2, 0.25) is 0 Å². The summed E-state index contributed by atoms with van der Waals surface area (Å²) in [5.74, 6) is 0.121. The van der Waals surface area contributed by atoms with Crippen molar-refractivity contribution in [1.29, 1.82) is 0 Å². The van der Waals surface area contributed by atoms with Gasteiger partial charge in [-0.25, -0.2) is 4.39 Å². The lowest BCUT2D eigenvalue weighted by Crippen LogP contribution is -2.45. The number of ether oxygens (including phenoxy) is 1. The number of aryl methyl sites for hydroxylation is 1. The minimum Gasteiger partial charge on any atom is -0.484 e. The van der Waals surface area contributed by atoms with E-state index >= 15 is 0 Å². The molecule has 1 N–H and O–H groups in total. The van der Waals surface area contributed by atoms with E-state index in [2.05, 4.69) is 18.7 Å². The summed E-state index contributed by atoms with van der Waals surface area (Å²) in [5, 5.41) is 11.6. The van der Waals surface area contributed by atoms with Gasteiger partial charge in [-0.2, -0.15) is 13.2 Å². The summed E-state index contributed by atoms with van der Waals surface area (Å²) >= 11 is 0. The molecule has 2 aromatic rings. The van der Waals surface area contributed by atoms with Gasteiger partial charge in [0.2, 0.25) is 0 Å². The lowest BCUT2D eigenvalue weighted by atomic mass is 9.66. The summed E-state index contributed by atoms with van der Waals surface area (Å²) in [6, 6.07) is 11.6. The van der Waals surface area contributed by atoms with Crippen molar-refractivity contribution in [2.75, 3.05) is 26.7 Å². The minimum atomic E-state index is -4.36. The molecule has 0 saturated heterocycles. The molecule has 0 radical (unpaired) electrons. The molecule has 1 aliphatic carbocycles. The van der Waals surface area contributed by atoms with Gasteiger partial charge in [0.1, 0.15) is 11.6 Å². The maximum absolute atomic E-state index is 13.7. The number of aliphatic hydroxyl groups is 1. The third-order valence-electron chi connectivity index (χ3n) is 6.52. The Labute approximate surface area is 205 Å². The summed E-state index contributed by atoms with van der Waals surface area (Å²) in [5.41, 5.74) is 2.06. The van der Waals surface area contributed by atoms with Crippen LogP contribution in [0.3, 0.4) is 0 Å². The highest BCUT2D eigenvalue weighted by Crippen LogP contribution is 2.45. The molecule has 0 spiro atoms. The number of fused-ring (bicyclic) bond motifs is 1. The van der Waals surface area contributed by atoms with Crippen LogP contribution in [-0.2, 0) is 12.8 Å². The number of likely N-dealkylation sites (N-methyl/N-ethyl adjacent to an activating group) is 1. The lowest BCUT2D eigenvalue weighted by Gasteiger charge is -2.44. The molecule has 3 nitrogen and oxygen atoms in total. The molecule has 2 atom stereocenters. The first-order chi connectivity index (χ1) is 15.5. The molecule has 0 heterocycles. The van der Waals surface area contributed by atoms with Crippen molar-refractivity contribution in [3.8, 4) is 5.75 Å². The van der Waals surface area contributed by atoms with E-state index in [0.29, 0.717) is 38.8 Å². The highest BCUT2D eigenvalue weighted by atomic mass is 35.5. The van der Waals surface area contributed by atoms with Crippen molar-refractivity contribution in [2.45, 2.75) is 57.2 Å². The zero-order valence-corrected chi connectivity index (χ0v) is 20.7. The fourth-order valence-corrected chi connectivity index (χ4v) is 4.92. The number of hydrogen-bond donors (Lipinski definition) is 1. The van der Waals surface area contributed by atoms with Crippen LogP contribution >= 0.6 is 12.4 Å². The van der Waals surface area contributed by atoms with Gasteiger partial charge in [0.25, 0.3) is 0 Å². The smallest absolute Gasteiger partial charge is 0.422 e. The second kappa shape index (κ2) is 11.7. The molecular weight excluding hydrogens is 470 g/mol. The Hall–Kier alpha value is -1.83. The standard InChI is InChI=1S/C26H33F4NO2.ClH/c1-18(2)24-23-8-7-21(27)16-20(23)9-11-25(24,32)12-14-31(3)13-10-19-5-4-6-22(15-19)33-17-26(28,29)30;/h4-8,15-16,18,24,32H,9-14,17H2,1-3H3;1H/t24-,25-;/m0./s1. The van der Waals surface area contributed by atoms with E-state index in [9.17, 15) is 22.7 Å². The SMILES string of the molecule is CC(C)[C@H]1c2ccc(F)cc2CC[C@]1(O)CCN(C)CCc1cccc(OCC(F)(F)F)c1.Cl. The molecule has 34 heavy (non-hydrogen) atoms. The van der Waals surface area contributed by atoms with Crippen molar-refractivity contribution in [1.82, 2.24) is 4.90 Å². The highest BCUT2D eigenvalue weighted by Gasteiger charge is 2.43. The van der Waals surface area contributed by atoms with Crippen LogP contribution in [0.4, 0.5) is 17.6 Å². The van der Waals surface area contributed by atoms with Crippen LogP contribution in [-0.4, -0.2) is 48.5 Å². The molecule has 0 fully saturated rings. The number of halogens is 5. The molecule has 0 unspecified atom stereocenters. The molecular formula is C26H34ClF4NO2. The maximum atomic E-state index is 13.7.